The Bertz CT molecular complexity index is 1640. The topological polar surface area (TPSA) is 189 Å². The number of carbonyl (C=O) groups is 3. The Morgan fingerprint density at radius 3 is 2.37 bits per heavy atom. The van der Waals surface area contributed by atoms with E-state index in [1.54, 1.807) is 18.2 Å². The average Bonchev–Trinajstić information content (AvgIpc) is 2.92. The molecule has 2 aromatic carbocycles. The summed E-state index contributed by atoms with van der Waals surface area (Å²) in [6.07, 6.45) is -1.12. The van der Waals surface area contributed by atoms with Crippen molar-refractivity contribution < 1.29 is 49.0 Å². The van der Waals surface area contributed by atoms with Gasteiger partial charge in [0.2, 0.25) is 11.5 Å². The normalized spacial score (nSPS) is 28.0. The van der Waals surface area contributed by atoms with Gasteiger partial charge in [0.05, 0.1) is 25.8 Å². The number of methoxy groups -OCH3 is 2. The van der Waals surface area contributed by atoms with Crippen LogP contribution in [0.3, 0.4) is 0 Å². The van der Waals surface area contributed by atoms with E-state index in [0.29, 0.717) is 28.2 Å². The van der Waals surface area contributed by atoms with Crippen LogP contribution in [0.25, 0.3) is 16.9 Å². The number of aliphatic hydroxyl groups excluding tert-OH is 2. The molecule has 1 saturated carbocycles. The maximum absolute atomic E-state index is 14.2. The lowest BCUT2D eigenvalue weighted by atomic mass is 9.56. The van der Waals surface area contributed by atoms with Crippen molar-refractivity contribution in [1.82, 2.24) is 4.90 Å². The van der Waals surface area contributed by atoms with Gasteiger partial charge in [-0.15, -0.1) is 0 Å². The molecule has 6 N–H and O–H groups in total. The van der Waals surface area contributed by atoms with Gasteiger partial charge in [0.15, 0.2) is 22.9 Å². The second-order valence-corrected chi connectivity index (χ2v) is 10.8. The molecule has 1 amide bonds. The molecule has 1 aliphatic heterocycles. The highest BCUT2D eigenvalue weighted by Crippen LogP contribution is 2.61. The predicted molar refractivity (Wildman–Crippen MR) is 142 cm³/mol. The van der Waals surface area contributed by atoms with Crippen molar-refractivity contribution in [1.29, 1.82) is 0 Å². The van der Waals surface area contributed by atoms with E-state index in [4.69, 9.17) is 19.9 Å². The number of hydrogen-bond acceptors (Lipinski definition) is 11. The number of nitrogens with two attached hydrogens (primary N) is 1. The lowest BCUT2D eigenvalue weighted by Crippen LogP contribution is -2.66. The number of carbonyl (C=O) groups excluding carboxylic acids is 3. The van der Waals surface area contributed by atoms with Gasteiger partial charge < -0.3 is 40.4 Å². The molecule has 6 rings (SSSR count). The zero-order chi connectivity index (χ0) is 29.7. The highest BCUT2D eigenvalue weighted by molar-refractivity contribution is 6.24. The molecule has 12 nitrogen and oxygen atoms in total. The maximum atomic E-state index is 14.2. The van der Waals surface area contributed by atoms with E-state index < -0.39 is 64.1 Å². The number of likely N-dealkylation sites (N-methyl/N-ethyl adjacent to an activating group) is 1. The molecule has 0 aromatic heterocycles. The molecule has 12 heteroatoms. The lowest BCUT2D eigenvalue weighted by Gasteiger charge is -2.52. The van der Waals surface area contributed by atoms with Gasteiger partial charge in [0, 0.05) is 28.5 Å². The molecule has 5 atom stereocenters. The van der Waals surface area contributed by atoms with Crippen LogP contribution >= 0.6 is 0 Å². The number of ether oxygens (including phenoxy) is 3. The molecule has 0 saturated heterocycles. The van der Waals surface area contributed by atoms with Crippen molar-refractivity contribution in [2.24, 2.45) is 17.6 Å². The van der Waals surface area contributed by atoms with Crippen LogP contribution in [0.5, 0.6) is 23.0 Å². The van der Waals surface area contributed by atoms with Crippen LogP contribution in [0.4, 0.5) is 0 Å². The molecular formula is C29H28N2O10. The average molecular weight is 565 g/mol. The number of aromatic hydroxyl groups is 1. The standard InChI is InChI=1S/C29H28N2O10/c1-31(2)20-13-9-12-17(26(35)29(13,38)27(36)19(22(20)34)28(30)37)21(33)18-14(32)7-5-10-11-6-8-15(39-3)25(40-4)24(11)41-23(12)16(10)18/h5-8,12-13,20,23,32-33,36,38H,9H2,1-4H3,(H2,30,37)/t12-,13-,20-,23?,29-/m1/s1. The van der Waals surface area contributed by atoms with Gasteiger partial charge in [-0.05, 0) is 44.3 Å². The van der Waals surface area contributed by atoms with E-state index in [9.17, 15) is 34.8 Å². The minimum Gasteiger partial charge on any atom is -0.508 e. The summed E-state index contributed by atoms with van der Waals surface area (Å²) >= 11 is 0. The lowest BCUT2D eigenvalue weighted by molar-refractivity contribution is -0.155. The van der Waals surface area contributed by atoms with Gasteiger partial charge in [0.25, 0.3) is 5.91 Å². The predicted octanol–water partition coefficient (Wildman–Crippen LogP) is 1.54. The summed E-state index contributed by atoms with van der Waals surface area (Å²) in [6, 6.07) is 5.24. The van der Waals surface area contributed by atoms with Gasteiger partial charge in [-0.25, -0.2) is 0 Å². The fourth-order valence-electron chi connectivity index (χ4n) is 6.99. The van der Waals surface area contributed by atoms with Crippen LogP contribution in [0.2, 0.25) is 0 Å². The zero-order valence-electron chi connectivity index (χ0n) is 22.6. The Balaban J connectivity index is 1.64. The number of primary amides is 1. The summed E-state index contributed by atoms with van der Waals surface area (Å²) in [6.45, 7) is 0. The van der Waals surface area contributed by atoms with Crippen LogP contribution in [-0.4, -0.2) is 82.8 Å². The molecule has 0 bridgehead atoms. The van der Waals surface area contributed by atoms with E-state index in [0.717, 1.165) is 0 Å². The van der Waals surface area contributed by atoms with Crippen LogP contribution in [-0.2, 0) is 14.4 Å². The number of nitrogens with zero attached hydrogens (tertiary/aromatic N) is 1. The van der Waals surface area contributed by atoms with E-state index in [-0.39, 0.29) is 29.1 Å². The summed E-state index contributed by atoms with van der Waals surface area (Å²) in [5.41, 5.74) is 2.97. The number of benzene rings is 2. The summed E-state index contributed by atoms with van der Waals surface area (Å²) in [5.74, 6) is -6.58. The third-order valence-electron chi connectivity index (χ3n) is 8.70. The number of fused-ring (bicyclic) bond motifs is 5. The highest BCUT2D eigenvalue weighted by Gasteiger charge is 2.66. The molecule has 3 aliphatic carbocycles. The van der Waals surface area contributed by atoms with Gasteiger partial charge >= 0.3 is 0 Å². The minimum absolute atomic E-state index is 0.0655. The Hall–Kier alpha value is -4.55. The summed E-state index contributed by atoms with van der Waals surface area (Å²) in [5, 5.41) is 45.3. The summed E-state index contributed by atoms with van der Waals surface area (Å²) < 4.78 is 17.5. The van der Waals surface area contributed by atoms with E-state index in [1.807, 2.05) is 0 Å². The highest BCUT2D eigenvalue weighted by atomic mass is 16.5. The number of phenols is 1. The Morgan fingerprint density at radius 2 is 1.76 bits per heavy atom. The molecule has 1 heterocycles. The number of rotatable bonds is 4. The van der Waals surface area contributed by atoms with Crippen LogP contribution < -0.4 is 19.9 Å². The van der Waals surface area contributed by atoms with Gasteiger partial charge in [-0.3, -0.25) is 19.3 Å². The molecule has 41 heavy (non-hydrogen) atoms. The molecule has 2 aromatic rings. The van der Waals surface area contributed by atoms with Crippen molar-refractivity contribution in [2.45, 2.75) is 24.2 Å². The van der Waals surface area contributed by atoms with Crippen molar-refractivity contribution >= 4 is 23.2 Å². The van der Waals surface area contributed by atoms with Crippen molar-refractivity contribution in [3.05, 3.63) is 52.3 Å². The first-order valence-electron chi connectivity index (χ1n) is 12.8. The smallest absolute Gasteiger partial charge is 0.255 e. The third-order valence-corrected chi connectivity index (χ3v) is 8.70. The monoisotopic (exact) mass is 564 g/mol. The number of phenolic OH excluding ortho intramolecular Hbond substituents is 1. The number of amides is 1. The SMILES string of the molecule is COc1ccc2c(c1OC)OC1c3c-2ccc(O)c3C(O)=C2C(=O)[C@@]3(O)C(O)=C(C(N)=O)C(=O)[C@H](N(C)C)[C@H]3C[C@H]21. The van der Waals surface area contributed by atoms with Gasteiger partial charge in [-0.1, -0.05) is 6.07 Å². The van der Waals surface area contributed by atoms with Gasteiger partial charge in [0.1, 0.15) is 28.9 Å². The van der Waals surface area contributed by atoms with Crippen molar-refractivity contribution in [2.75, 3.05) is 28.3 Å². The number of aliphatic hydroxyl groups is 3. The molecule has 0 radical (unpaired) electrons. The number of Topliss-reactive ketones (excluding diaryl/α,β-unsaturated/α-hetero) is 2. The third kappa shape index (κ3) is 3.19. The molecular weight excluding hydrogens is 536 g/mol. The fourth-order valence-corrected chi connectivity index (χ4v) is 6.99. The molecule has 4 aliphatic rings. The van der Waals surface area contributed by atoms with Crippen molar-refractivity contribution in [3.8, 4) is 34.1 Å². The Kier molecular flexibility index (Phi) is 5.67. The Morgan fingerprint density at radius 1 is 1.07 bits per heavy atom. The number of ketones is 2. The van der Waals surface area contributed by atoms with Crippen LogP contribution in [0.1, 0.15) is 23.7 Å². The molecule has 1 fully saturated rings. The van der Waals surface area contributed by atoms with Crippen molar-refractivity contribution in [3.63, 3.8) is 0 Å². The quantitative estimate of drug-likeness (QED) is 0.339. The fraction of sp³-hybridized carbons (Fsp3) is 0.345. The van der Waals surface area contributed by atoms with Crippen LogP contribution in [0.15, 0.2) is 41.2 Å². The maximum Gasteiger partial charge on any atom is 0.255 e. The minimum atomic E-state index is -2.76. The van der Waals surface area contributed by atoms with E-state index >= 15 is 0 Å². The van der Waals surface area contributed by atoms with Gasteiger partial charge in [-0.2, -0.15) is 0 Å². The van der Waals surface area contributed by atoms with E-state index in [1.165, 1.54) is 39.3 Å². The zero-order valence-corrected chi connectivity index (χ0v) is 22.6. The first-order chi connectivity index (χ1) is 19.4. The summed E-state index contributed by atoms with van der Waals surface area (Å²) in [7, 11) is 5.99. The first kappa shape index (κ1) is 26.7. The molecule has 214 valence electrons. The first-order valence-corrected chi connectivity index (χ1v) is 12.8. The molecule has 1 unspecified atom stereocenters. The van der Waals surface area contributed by atoms with Crippen LogP contribution in [0, 0.1) is 11.8 Å². The molecule has 0 spiro atoms. The largest absolute Gasteiger partial charge is 0.508 e. The second kappa shape index (κ2) is 8.72. The summed E-state index contributed by atoms with van der Waals surface area (Å²) in [4.78, 5) is 41.2. The Labute approximate surface area is 233 Å². The van der Waals surface area contributed by atoms with E-state index in [2.05, 4.69) is 0 Å². The number of hydrogen-bond donors (Lipinski definition) is 5. The second-order valence-electron chi connectivity index (χ2n) is 10.8.